The van der Waals surface area contributed by atoms with Crippen molar-refractivity contribution in [2.75, 3.05) is 12.3 Å². The summed E-state index contributed by atoms with van der Waals surface area (Å²) in [5, 5.41) is 0. The molecule has 1 aromatic rings. The van der Waals surface area contributed by atoms with Crippen molar-refractivity contribution in [1.29, 1.82) is 0 Å². The van der Waals surface area contributed by atoms with Gasteiger partial charge in [-0.2, -0.15) is 0 Å². The van der Waals surface area contributed by atoms with Crippen LogP contribution in [0.2, 0.25) is 0 Å². The highest BCUT2D eigenvalue weighted by molar-refractivity contribution is 5.99. The Labute approximate surface area is 122 Å². The van der Waals surface area contributed by atoms with E-state index < -0.39 is 0 Å². The largest absolute Gasteiger partial charge is 0.398 e. The van der Waals surface area contributed by atoms with Crippen LogP contribution in [-0.4, -0.2) is 23.4 Å². The first-order valence-electron chi connectivity index (χ1n) is 7.66. The van der Waals surface area contributed by atoms with Crippen LogP contribution in [0, 0.1) is 12.8 Å². The Hall–Kier alpha value is -1.51. The molecule has 1 saturated carbocycles. The molecule has 0 bridgehead atoms. The molecule has 1 aromatic carbocycles. The van der Waals surface area contributed by atoms with Crippen molar-refractivity contribution in [3.63, 3.8) is 0 Å². The highest BCUT2D eigenvalue weighted by Crippen LogP contribution is 2.27. The highest BCUT2D eigenvalue weighted by atomic mass is 16.2. The first kappa shape index (κ1) is 14.9. The molecule has 1 amide bonds. The smallest absolute Gasteiger partial charge is 0.256 e. The molecule has 3 heteroatoms. The van der Waals surface area contributed by atoms with Crippen molar-refractivity contribution < 1.29 is 4.79 Å². The van der Waals surface area contributed by atoms with Crippen LogP contribution in [0.5, 0.6) is 0 Å². The number of hydrogen-bond acceptors (Lipinski definition) is 2. The third kappa shape index (κ3) is 3.33. The minimum atomic E-state index is 0.100. The predicted molar refractivity (Wildman–Crippen MR) is 83.7 cm³/mol. The number of amides is 1. The van der Waals surface area contributed by atoms with E-state index >= 15 is 0 Å². The Kier molecular flexibility index (Phi) is 4.69. The number of nitrogen functional groups attached to an aromatic ring is 1. The van der Waals surface area contributed by atoms with E-state index in [2.05, 4.69) is 18.7 Å². The number of hydrogen-bond donors (Lipinski definition) is 1. The molecule has 0 unspecified atom stereocenters. The highest BCUT2D eigenvalue weighted by Gasteiger charge is 2.28. The number of aryl methyl sites for hydroxylation is 1. The van der Waals surface area contributed by atoms with E-state index in [9.17, 15) is 4.79 Å². The number of carbonyl (C=O) groups excluding carboxylic acids is 1. The molecule has 1 fully saturated rings. The average molecular weight is 274 g/mol. The summed E-state index contributed by atoms with van der Waals surface area (Å²) in [4.78, 5) is 14.9. The number of carbonyl (C=O) groups is 1. The van der Waals surface area contributed by atoms with Gasteiger partial charge in [-0.3, -0.25) is 4.79 Å². The third-order valence-electron chi connectivity index (χ3n) is 4.03. The van der Waals surface area contributed by atoms with Crippen molar-refractivity contribution in [3.8, 4) is 0 Å². The summed E-state index contributed by atoms with van der Waals surface area (Å²) in [6.07, 6.45) is 4.72. The van der Waals surface area contributed by atoms with Crippen molar-refractivity contribution in [2.45, 2.75) is 52.5 Å². The molecule has 0 atom stereocenters. The molecule has 0 heterocycles. The lowest BCUT2D eigenvalue weighted by Crippen LogP contribution is -2.41. The number of anilines is 1. The molecule has 20 heavy (non-hydrogen) atoms. The summed E-state index contributed by atoms with van der Waals surface area (Å²) in [6, 6.07) is 6.11. The van der Waals surface area contributed by atoms with Crippen LogP contribution in [0.3, 0.4) is 0 Å². The Bertz CT molecular complexity index is 476. The predicted octanol–water partition coefficient (Wildman–Crippen LogP) is 3.62. The zero-order valence-electron chi connectivity index (χ0n) is 12.9. The molecule has 0 radical (unpaired) electrons. The number of benzene rings is 1. The molecule has 0 saturated heterocycles. The van der Waals surface area contributed by atoms with Gasteiger partial charge in [-0.05, 0) is 43.4 Å². The van der Waals surface area contributed by atoms with Crippen LogP contribution < -0.4 is 5.73 Å². The second-order valence-corrected chi connectivity index (χ2v) is 6.38. The molecule has 3 nitrogen and oxygen atoms in total. The van der Waals surface area contributed by atoms with E-state index in [0.717, 1.165) is 24.9 Å². The summed E-state index contributed by atoms with van der Waals surface area (Å²) in [5.41, 5.74) is 8.39. The fourth-order valence-corrected chi connectivity index (χ4v) is 3.04. The van der Waals surface area contributed by atoms with Crippen LogP contribution in [0.1, 0.15) is 55.5 Å². The summed E-state index contributed by atoms with van der Waals surface area (Å²) in [6.45, 7) is 7.13. The van der Waals surface area contributed by atoms with Crippen LogP contribution in [-0.2, 0) is 0 Å². The SMILES string of the molecule is Cc1ccc(C(=O)N(CC(C)C)C2CCCC2)c(N)c1. The van der Waals surface area contributed by atoms with E-state index in [0.29, 0.717) is 23.2 Å². The lowest BCUT2D eigenvalue weighted by molar-refractivity contribution is 0.0656. The third-order valence-corrected chi connectivity index (χ3v) is 4.03. The maximum absolute atomic E-state index is 12.8. The zero-order valence-corrected chi connectivity index (χ0v) is 12.9. The summed E-state index contributed by atoms with van der Waals surface area (Å²) in [7, 11) is 0. The first-order valence-corrected chi connectivity index (χ1v) is 7.66. The van der Waals surface area contributed by atoms with Crippen molar-refractivity contribution in [2.24, 2.45) is 5.92 Å². The fraction of sp³-hybridized carbons (Fsp3) is 0.588. The van der Waals surface area contributed by atoms with Crippen LogP contribution in [0.25, 0.3) is 0 Å². The van der Waals surface area contributed by atoms with Gasteiger partial charge in [0.25, 0.3) is 5.91 Å². The van der Waals surface area contributed by atoms with Crippen molar-refractivity contribution >= 4 is 11.6 Å². The van der Waals surface area contributed by atoms with Crippen LogP contribution in [0.4, 0.5) is 5.69 Å². The Morgan fingerprint density at radius 3 is 2.55 bits per heavy atom. The minimum Gasteiger partial charge on any atom is -0.398 e. The monoisotopic (exact) mass is 274 g/mol. The lowest BCUT2D eigenvalue weighted by atomic mass is 10.1. The standard InChI is InChI=1S/C17H26N2O/c1-12(2)11-19(14-6-4-5-7-14)17(20)15-9-8-13(3)10-16(15)18/h8-10,12,14H,4-7,11,18H2,1-3H3. The minimum absolute atomic E-state index is 0.100. The maximum atomic E-state index is 12.8. The van der Waals surface area contributed by atoms with Crippen molar-refractivity contribution in [1.82, 2.24) is 4.90 Å². The quantitative estimate of drug-likeness (QED) is 0.852. The molecular weight excluding hydrogens is 248 g/mol. The van der Waals surface area contributed by atoms with Gasteiger partial charge in [-0.1, -0.05) is 32.8 Å². The van der Waals surface area contributed by atoms with Gasteiger partial charge < -0.3 is 10.6 Å². The lowest BCUT2D eigenvalue weighted by Gasteiger charge is -2.31. The van der Waals surface area contributed by atoms with E-state index in [1.807, 2.05) is 25.1 Å². The van der Waals surface area contributed by atoms with E-state index in [4.69, 9.17) is 5.73 Å². The molecule has 0 aliphatic heterocycles. The molecular formula is C17H26N2O. The van der Waals surface area contributed by atoms with Gasteiger partial charge in [-0.25, -0.2) is 0 Å². The summed E-state index contributed by atoms with van der Waals surface area (Å²) < 4.78 is 0. The topological polar surface area (TPSA) is 46.3 Å². The van der Waals surface area contributed by atoms with Crippen LogP contribution in [0.15, 0.2) is 18.2 Å². The second-order valence-electron chi connectivity index (χ2n) is 6.38. The maximum Gasteiger partial charge on any atom is 0.256 e. The molecule has 1 aliphatic rings. The van der Waals surface area contributed by atoms with Gasteiger partial charge in [0.2, 0.25) is 0 Å². The second kappa shape index (κ2) is 6.29. The Morgan fingerprint density at radius 1 is 1.35 bits per heavy atom. The molecule has 1 aliphatic carbocycles. The van der Waals surface area contributed by atoms with Gasteiger partial charge in [0, 0.05) is 18.3 Å². The van der Waals surface area contributed by atoms with E-state index in [1.54, 1.807) is 0 Å². The van der Waals surface area contributed by atoms with Crippen LogP contribution >= 0.6 is 0 Å². The zero-order chi connectivity index (χ0) is 14.7. The molecule has 0 spiro atoms. The normalized spacial score (nSPS) is 15.8. The first-order chi connectivity index (χ1) is 9.49. The van der Waals surface area contributed by atoms with Gasteiger partial charge in [0.1, 0.15) is 0 Å². The number of nitrogens with two attached hydrogens (primary N) is 1. The van der Waals surface area contributed by atoms with E-state index in [1.165, 1.54) is 12.8 Å². The van der Waals surface area contributed by atoms with Gasteiger partial charge >= 0.3 is 0 Å². The molecule has 2 rings (SSSR count). The van der Waals surface area contributed by atoms with E-state index in [-0.39, 0.29) is 5.91 Å². The van der Waals surface area contributed by atoms with Crippen molar-refractivity contribution in [3.05, 3.63) is 29.3 Å². The number of rotatable bonds is 4. The Balaban J connectivity index is 2.24. The molecule has 0 aromatic heterocycles. The Morgan fingerprint density at radius 2 is 2.00 bits per heavy atom. The molecule has 2 N–H and O–H groups in total. The van der Waals surface area contributed by atoms with Gasteiger partial charge in [-0.15, -0.1) is 0 Å². The average Bonchev–Trinajstić information content (AvgIpc) is 2.88. The fourth-order valence-electron chi connectivity index (χ4n) is 3.04. The summed E-state index contributed by atoms with van der Waals surface area (Å²) >= 11 is 0. The molecule has 110 valence electrons. The van der Waals surface area contributed by atoms with Gasteiger partial charge in [0.05, 0.1) is 5.56 Å². The van der Waals surface area contributed by atoms with Gasteiger partial charge in [0.15, 0.2) is 0 Å². The number of nitrogens with zero attached hydrogens (tertiary/aromatic N) is 1. The summed E-state index contributed by atoms with van der Waals surface area (Å²) in [5.74, 6) is 0.578.